The number of hydrogen-bond acceptors (Lipinski definition) is 4. The second kappa shape index (κ2) is 5.70. The largest absolute Gasteiger partial charge is 0.496 e. The molecule has 1 aromatic carbocycles. The average Bonchev–Trinajstić information content (AvgIpc) is 3.34. The number of aromatic amines is 1. The van der Waals surface area contributed by atoms with E-state index in [1.807, 2.05) is 31.2 Å². The Morgan fingerprint density at radius 2 is 2.13 bits per heavy atom. The highest BCUT2D eigenvalue weighted by Crippen LogP contribution is 2.40. The summed E-state index contributed by atoms with van der Waals surface area (Å²) in [5, 5.41) is 20.2. The molecular formula is C17H21N3O3. The number of aromatic nitrogens is 2. The summed E-state index contributed by atoms with van der Waals surface area (Å²) >= 11 is 0. The summed E-state index contributed by atoms with van der Waals surface area (Å²) < 4.78 is 5.36. The Kier molecular flexibility index (Phi) is 3.85. The molecule has 1 saturated carbocycles. The van der Waals surface area contributed by atoms with Gasteiger partial charge in [0.15, 0.2) is 5.82 Å². The van der Waals surface area contributed by atoms with Crippen LogP contribution in [0.4, 0.5) is 5.82 Å². The Morgan fingerprint density at radius 3 is 2.78 bits per heavy atom. The summed E-state index contributed by atoms with van der Waals surface area (Å²) in [4.78, 5) is 12.3. The van der Waals surface area contributed by atoms with Crippen molar-refractivity contribution in [3.8, 4) is 17.0 Å². The number of amides is 1. The van der Waals surface area contributed by atoms with E-state index in [4.69, 9.17) is 4.74 Å². The van der Waals surface area contributed by atoms with Crippen LogP contribution in [-0.2, 0) is 4.79 Å². The molecule has 1 aliphatic rings. The lowest BCUT2D eigenvalue weighted by molar-refractivity contribution is -0.134. The van der Waals surface area contributed by atoms with Crippen molar-refractivity contribution in [3.63, 3.8) is 0 Å². The summed E-state index contributed by atoms with van der Waals surface area (Å²) in [6, 6.07) is 7.59. The number of nitrogens with one attached hydrogen (secondary N) is 2. The summed E-state index contributed by atoms with van der Waals surface area (Å²) in [5.74, 6) is 0.774. The number of carbonyl (C=O) groups excluding carboxylic acids is 1. The molecule has 0 bridgehead atoms. The monoisotopic (exact) mass is 315 g/mol. The van der Waals surface area contributed by atoms with Crippen molar-refractivity contribution in [1.82, 2.24) is 10.2 Å². The third-order valence-electron chi connectivity index (χ3n) is 4.45. The minimum absolute atomic E-state index is 0.0374. The van der Waals surface area contributed by atoms with Gasteiger partial charge in [0.25, 0.3) is 5.91 Å². The van der Waals surface area contributed by atoms with E-state index in [0.717, 1.165) is 35.4 Å². The number of H-pyrrole nitrogens is 1. The van der Waals surface area contributed by atoms with Crippen molar-refractivity contribution >= 4 is 11.7 Å². The van der Waals surface area contributed by atoms with Gasteiger partial charge in [-0.25, -0.2) is 0 Å². The topological polar surface area (TPSA) is 87.2 Å². The predicted octanol–water partition coefficient (Wildman–Crippen LogP) is 2.49. The maximum absolute atomic E-state index is 12.3. The van der Waals surface area contributed by atoms with E-state index in [0.29, 0.717) is 5.82 Å². The first kappa shape index (κ1) is 15.6. The normalized spacial score (nSPS) is 16.7. The molecule has 1 amide bonds. The highest BCUT2D eigenvalue weighted by Gasteiger charge is 2.46. The molecule has 0 spiro atoms. The molecule has 1 fully saturated rings. The molecule has 0 aliphatic heterocycles. The van der Waals surface area contributed by atoms with Gasteiger partial charge in [-0.1, -0.05) is 12.1 Å². The average molecular weight is 315 g/mol. The van der Waals surface area contributed by atoms with Gasteiger partial charge in [-0.15, -0.1) is 0 Å². The summed E-state index contributed by atoms with van der Waals surface area (Å²) in [7, 11) is 1.61. The Balaban J connectivity index is 1.86. The quantitative estimate of drug-likeness (QED) is 0.791. The molecule has 1 atom stereocenters. The Morgan fingerprint density at radius 1 is 1.43 bits per heavy atom. The number of carbonyl (C=O) groups is 1. The van der Waals surface area contributed by atoms with Crippen LogP contribution in [0.5, 0.6) is 5.75 Å². The van der Waals surface area contributed by atoms with Crippen LogP contribution in [0.15, 0.2) is 24.3 Å². The molecule has 3 rings (SSSR count). The second-order valence-electron chi connectivity index (χ2n) is 6.15. The number of hydrogen-bond donors (Lipinski definition) is 3. The van der Waals surface area contributed by atoms with Crippen molar-refractivity contribution < 1.29 is 14.6 Å². The Hall–Kier alpha value is -2.34. The zero-order valence-corrected chi connectivity index (χ0v) is 13.5. The van der Waals surface area contributed by atoms with Crippen LogP contribution >= 0.6 is 0 Å². The zero-order valence-electron chi connectivity index (χ0n) is 13.5. The van der Waals surface area contributed by atoms with E-state index < -0.39 is 11.5 Å². The molecular weight excluding hydrogens is 294 g/mol. The van der Waals surface area contributed by atoms with Gasteiger partial charge in [0, 0.05) is 11.1 Å². The van der Waals surface area contributed by atoms with Crippen LogP contribution in [0.3, 0.4) is 0 Å². The third kappa shape index (κ3) is 2.82. The fraction of sp³-hybridized carbons (Fsp3) is 0.412. The lowest BCUT2D eigenvalue weighted by Gasteiger charge is -2.21. The minimum Gasteiger partial charge on any atom is -0.496 e. The van der Waals surface area contributed by atoms with Crippen LogP contribution < -0.4 is 10.1 Å². The molecule has 3 N–H and O–H groups in total. The van der Waals surface area contributed by atoms with E-state index in [-0.39, 0.29) is 5.92 Å². The Bertz CT molecular complexity index is 732. The van der Waals surface area contributed by atoms with E-state index in [9.17, 15) is 9.90 Å². The first-order chi connectivity index (χ1) is 10.9. The van der Waals surface area contributed by atoms with Gasteiger partial charge in [0.05, 0.1) is 12.8 Å². The van der Waals surface area contributed by atoms with Gasteiger partial charge in [0.1, 0.15) is 11.4 Å². The molecule has 1 unspecified atom stereocenters. The van der Waals surface area contributed by atoms with Crippen molar-refractivity contribution in [3.05, 3.63) is 29.8 Å². The number of ether oxygens (including phenoxy) is 1. The fourth-order valence-corrected chi connectivity index (χ4v) is 2.70. The Labute approximate surface area is 134 Å². The standard InChI is InChI=1S/C17H21N3O3/c1-10-14(12-6-4-5-7-13(12)23-3)19-20-15(10)18-16(21)17(2,22)11-8-9-11/h4-7,11,22H,8-9H2,1-3H3,(H2,18,19,20,21). The van der Waals surface area contributed by atoms with Crippen LogP contribution in [0.25, 0.3) is 11.3 Å². The van der Waals surface area contributed by atoms with Gasteiger partial charge in [-0.2, -0.15) is 5.10 Å². The fourth-order valence-electron chi connectivity index (χ4n) is 2.70. The van der Waals surface area contributed by atoms with E-state index in [1.54, 1.807) is 14.0 Å². The SMILES string of the molecule is COc1ccccc1-c1[nH]nc(NC(=O)C(C)(O)C2CC2)c1C. The van der Waals surface area contributed by atoms with Crippen molar-refractivity contribution in [2.24, 2.45) is 5.92 Å². The third-order valence-corrected chi connectivity index (χ3v) is 4.45. The number of rotatable bonds is 5. The van der Waals surface area contributed by atoms with Gasteiger partial charge in [-0.05, 0) is 44.7 Å². The van der Waals surface area contributed by atoms with Crippen LogP contribution in [0.1, 0.15) is 25.3 Å². The molecule has 122 valence electrons. The molecule has 1 heterocycles. The maximum Gasteiger partial charge on any atom is 0.257 e. The molecule has 0 saturated heterocycles. The molecule has 2 aromatic rings. The first-order valence-corrected chi connectivity index (χ1v) is 7.67. The number of para-hydroxylation sites is 1. The van der Waals surface area contributed by atoms with Crippen LogP contribution in [-0.4, -0.2) is 33.9 Å². The van der Waals surface area contributed by atoms with Gasteiger partial charge < -0.3 is 15.2 Å². The van der Waals surface area contributed by atoms with Crippen LogP contribution in [0, 0.1) is 12.8 Å². The minimum atomic E-state index is -1.35. The molecule has 6 nitrogen and oxygen atoms in total. The van der Waals surface area contributed by atoms with E-state index in [2.05, 4.69) is 15.5 Å². The van der Waals surface area contributed by atoms with Crippen LogP contribution in [0.2, 0.25) is 0 Å². The van der Waals surface area contributed by atoms with Gasteiger partial charge in [0.2, 0.25) is 0 Å². The van der Waals surface area contributed by atoms with Gasteiger partial charge >= 0.3 is 0 Å². The highest BCUT2D eigenvalue weighted by molar-refractivity contribution is 5.97. The number of aliphatic hydroxyl groups is 1. The maximum atomic E-state index is 12.3. The van der Waals surface area contributed by atoms with E-state index >= 15 is 0 Å². The number of benzene rings is 1. The summed E-state index contributed by atoms with van der Waals surface area (Å²) in [6.07, 6.45) is 1.76. The summed E-state index contributed by atoms with van der Waals surface area (Å²) in [6.45, 7) is 3.43. The highest BCUT2D eigenvalue weighted by atomic mass is 16.5. The predicted molar refractivity (Wildman–Crippen MR) is 87.3 cm³/mol. The number of nitrogens with zero attached hydrogens (tertiary/aromatic N) is 1. The molecule has 23 heavy (non-hydrogen) atoms. The number of methoxy groups -OCH3 is 1. The molecule has 0 radical (unpaired) electrons. The second-order valence-corrected chi connectivity index (χ2v) is 6.15. The van der Waals surface area contributed by atoms with Gasteiger partial charge in [-0.3, -0.25) is 9.89 Å². The lowest BCUT2D eigenvalue weighted by Crippen LogP contribution is -2.42. The van der Waals surface area contributed by atoms with E-state index in [1.165, 1.54) is 0 Å². The van der Waals surface area contributed by atoms with Crippen molar-refractivity contribution in [2.45, 2.75) is 32.3 Å². The first-order valence-electron chi connectivity index (χ1n) is 7.67. The van der Waals surface area contributed by atoms with Crippen molar-refractivity contribution in [1.29, 1.82) is 0 Å². The summed E-state index contributed by atoms with van der Waals surface area (Å²) in [5.41, 5.74) is 1.10. The molecule has 1 aromatic heterocycles. The lowest BCUT2D eigenvalue weighted by atomic mass is 9.99. The van der Waals surface area contributed by atoms with Crippen molar-refractivity contribution in [2.75, 3.05) is 12.4 Å². The zero-order chi connectivity index (χ0) is 16.6. The molecule has 1 aliphatic carbocycles. The smallest absolute Gasteiger partial charge is 0.257 e. The number of anilines is 1. The molecule has 6 heteroatoms.